The van der Waals surface area contributed by atoms with Crippen molar-refractivity contribution in [2.45, 2.75) is 26.4 Å². The molecule has 1 aliphatic rings. The number of hydrogen-bond donors (Lipinski definition) is 0. The fourth-order valence-electron chi connectivity index (χ4n) is 3.00. The van der Waals surface area contributed by atoms with Crippen LogP contribution in [0.5, 0.6) is 0 Å². The minimum atomic E-state index is -0.562. The third-order valence-electron chi connectivity index (χ3n) is 4.30. The molecule has 0 saturated carbocycles. The number of fused-ring (bicyclic) bond motifs is 3. The number of carbonyl (C=O) groups is 1. The molecule has 1 amide bonds. The van der Waals surface area contributed by atoms with E-state index in [1.807, 2.05) is 4.57 Å². The topological polar surface area (TPSA) is 72.5 Å². The molecule has 0 aromatic carbocycles. The number of rotatable bonds is 3. The third kappa shape index (κ3) is 3.23. The summed E-state index contributed by atoms with van der Waals surface area (Å²) in [6.45, 7) is 4.77. The highest BCUT2D eigenvalue weighted by Gasteiger charge is 2.31. The lowest BCUT2D eigenvalue weighted by Gasteiger charge is -2.32. The average Bonchev–Trinajstić information content (AvgIpc) is 2.85. The fraction of sp³-hybridized carbons (Fsp3) is 0.412. The van der Waals surface area contributed by atoms with E-state index < -0.39 is 5.91 Å². The quantitative estimate of drug-likeness (QED) is 0.543. The van der Waals surface area contributed by atoms with Crippen molar-refractivity contribution in [3.05, 3.63) is 37.7 Å². The predicted octanol–water partition coefficient (Wildman–Crippen LogP) is 3.07. The number of nitrogens with zero attached hydrogens (tertiary/aromatic N) is 5. The van der Waals surface area contributed by atoms with Gasteiger partial charge in [0.05, 0.1) is 24.6 Å². The normalized spacial score (nSPS) is 16.0. The van der Waals surface area contributed by atoms with Crippen molar-refractivity contribution in [3.63, 3.8) is 0 Å². The highest BCUT2D eigenvalue weighted by molar-refractivity contribution is 9.10. The molecule has 0 saturated heterocycles. The molecule has 0 radical (unpaired) electrons. The van der Waals surface area contributed by atoms with Crippen molar-refractivity contribution in [3.8, 4) is 11.4 Å². The van der Waals surface area contributed by atoms with E-state index in [9.17, 15) is 9.59 Å². The lowest BCUT2D eigenvalue weighted by atomic mass is 10.00. The first-order valence-electron chi connectivity index (χ1n) is 8.14. The molecule has 2 aromatic heterocycles. The van der Waals surface area contributed by atoms with Crippen LogP contribution in [0.3, 0.4) is 0 Å². The van der Waals surface area contributed by atoms with Crippen LogP contribution >= 0.6 is 27.5 Å². The lowest BCUT2D eigenvalue weighted by Crippen LogP contribution is -2.31. The number of aliphatic imine (C=N–C) groups is 1. The molecule has 0 unspecified atom stereocenters. The monoisotopic (exact) mass is 439 g/mol. The standard InChI is InChI=1S/C17H19BrClN5O2/c1-9(2)12-7-24-15(14(19)16(18)21-24)11-5-13(25)10(6-23(11)12)17(26)20-8-22(3)4/h5-6,8-9,12H,7H2,1-4H3/b20-8+/t12-/m0/s1. The second-order valence-electron chi connectivity index (χ2n) is 6.80. The summed E-state index contributed by atoms with van der Waals surface area (Å²) in [5.74, 6) is -0.299. The van der Waals surface area contributed by atoms with Gasteiger partial charge in [0.25, 0.3) is 5.91 Å². The van der Waals surface area contributed by atoms with E-state index in [0.717, 1.165) is 0 Å². The van der Waals surface area contributed by atoms with Gasteiger partial charge in [0, 0.05) is 26.4 Å². The van der Waals surface area contributed by atoms with Gasteiger partial charge in [0.1, 0.15) is 20.9 Å². The number of hydrogen-bond acceptors (Lipinski definition) is 3. The molecule has 0 spiro atoms. The van der Waals surface area contributed by atoms with Crippen molar-refractivity contribution < 1.29 is 4.79 Å². The Bertz CT molecular complexity index is 961. The van der Waals surface area contributed by atoms with Crippen LogP contribution in [0.1, 0.15) is 30.2 Å². The van der Waals surface area contributed by atoms with Gasteiger partial charge in [-0.3, -0.25) is 14.3 Å². The highest BCUT2D eigenvalue weighted by Crippen LogP contribution is 2.40. The molecule has 138 valence electrons. The van der Waals surface area contributed by atoms with Gasteiger partial charge in [-0.1, -0.05) is 25.4 Å². The van der Waals surface area contributed by atoms with E-state index in [1.165, 1.54) is 12.4 Å². The molecule has 1 aliphatic heterocycles. The molecule has 3 rings (SSSR count). The Morgan fingerprint density at radius 2 is 2.19 bits per heavy atom. The first-order valence-corrected chi connectivity index (χ1v) is 9.31. The van der Waals surface area contributed by atoms with Crippen LogP contribution in [0, 0.1) is 5.92 Å². The van der Waals surface area contributed by atoms with Gasteiger partial charge in [-0.15, -0.1) is 0 Å². The second kappa shape index (κ2) is 7.00. The zero-order valence-electron chi connectivity index (χ0n) is 14.9. The average molecular weight is 441 g/mol. The molecule has 0 N–H and O–H groups in total. The molecule has 3 heterocycles. The largest absolute Gasteiger partial charge is 0.369 e. The summed E-state index contributed by atoms with van der Waals surface area (Å²) in [6, 6.07) is 1.48. The predicted molar refractivity (Wildman–Crippen MR) is 105 cm³/mol. The molecular weight excluding hydrogens is 422 g/mol. The van der Waals surface area contributed by atoms with Crippen LogP contribution in [0.15, 0.2) is 26.7 Å². The van der Waals surface area contributed by atoms with E-state index >= 15 is 0 Å². The molecule has 7 nitrogen and oxygen atoms in total. The van der Waals surface area contributed by atoms with Crippen molar-refractivity contribution >= 4 is 39.8 Å². The van der Waals surface area contributed by atoms with Gasteiger partial charge in [-0.2, -0.15) is 10.1 Å². The number of pyridine rings is 1. The molecule has 26 heavy (non-hydrogen) atoms. The summed E-state index contributed by atoms with van der Waals surface area (Å²) in [6.07, 6.45) is 2.98. The van der Waals surface area contributed by atoms with Crippen molar-refractivity contribution in [1.29, 1.82) is 0 Å². The Kier molecular flexibility index (Phi) is 5.07. The molecule has 0 aliphatic carbocycles. The van der Waals surface area contributed by atoms with Crippen LogP contribution in [0.25, 0.3) is 11.4 Å². The van der Waals surface area contributed by atoms with Gasteiger partial charge < -0.3 is 9.47 Å². The molecule has 0 bridgehead atoms. The lowest BCUT2D eigenvalue weighted by molar-refractivity contribution is 0.1000. The maximum atomic E-state index is 12.6. The van der Waals surface area contributed by atoms with E-state index in [0.29, 0.717) is 27.6 Å². The van der Waals surface area contributed by atoms with Crippen LogP contribution < -0.4 is 5.43 Å². The summed E-state index contributed by atoms with van der Waals surface area (Å²) in [7, 11) is 3.51. The molecule has 1 atom stereocenters. The number of halogens is 2. The maximum absolute atomic E-state index is 12.6. The maximum Gasteiger partial charge on any atom is 0.283 e. The summed E-state index contributed by atoms with van der Waals surface area (Å²) in [4.78, 5) is 30.4. The van der Waals surface area contributed by atoms with Gasteiger partial charge in [0.2, 0.25) is 0 Å². The minimum Gasteiger partial charge on any atom is -0.369 e. The molecule has 9 heteroatoms. The molecule has 2 aromatic rings. The van der Waals surface area contributed by atoms with E-state index in [2.05, 4.69) is 39.9 Å². The van der Waals surface area contributed by atoms with Crippen LogP contribution in [0.4, 0.5) is 0 Å². The Hall–Kier alpha value is -1.93. The van der Waals surface area contributed by atoms with Crippen LogP contribution in [-0.2, 0) is 6.54 Å². The zero-order chi connectivity index (χ0) is 19.2. The van der Waals surface area contributed by atoms with Gasteiger partial charge in [-0.05, 0) is 21.8 Å². The van der Waals surface area contributed by atoms with Crippen molar-refractivity contribution in [1.82, 2.24) is 19.2 Å². The van der Waals surface area contributed by atoms with E-state index in [1.54, 1.807) is 29.9 Å². The summed E-state index contributed by atoms with van der Waals surface area (Å²) < 4.78 is 4.28. The van der Waals surface area contributed by atoms with Crippen molar-refractivity contribution in [2.24, 2.45) is 10.9 Å². The second-order valence-corrected chi connectivity index (χ2v) is 7.93. The summed E-state index contributed by atoms with van der Waals surface area (Å²) in [5.41, 5.74) is 0.974. The van der Waals surface area contributed by atoms with Crippen LogP contribution in [0.2, 0.25) is 5.02 Å². The van der Waals surface area contributed by atoms with Gasteiger partial charge in [-0.25, -0.2) is 0 Å². The SMILES string of the molecule is CC(C)[C@@H]1Cn2nc(Br)c(Cl)c2-c2cc(=O)c(C(=O)/N=C/N(C)C)cn21. The molecule has 0 fully saturated rings. The summed E-state index contributed by atoms with van der Waals surface area (Å²) >= 11 is 9.73. The fourth-order valence-corrected chi connectivity index (χ4v) is 3.61. The van der Waals surface area contributed by atoms with Gasteiger partial charge in [0.15, 0.2) is 5.43 Å². The number of carbonyl (C=O) groups excluding carboxylic acids is 1. The zero-order valence-corrected chi connectivity index (χ0v) is 17.2. The number of amides is 1. The summed E-state index contributed by atoms with van der Waals surface area (Å²) in [5, 5.41) is 4.86. The first-order chi connectivity index (χ1) is 12.2. The Morgan fingerprint density at radius 1 is 1.50 bits per heavy atom. The van der Waals surface area contributed by atoms with Gasteiger partial charge >= 0.3 is 0 Å². The first kappa shape index (κ1) is 18.8. The van der Waals surface area contributed by atoms with E-state index in [4.69, 9.17) is 11.6 Å². The number of aromatic nitrogens is 3. The Labute approximate surface area is 164 Å². The van der Waals surface area contributed by atoms with Crippen molar-refractivity contribution in [2.75, 3.05) is 14.1 Å². The van der Waals surface area contributed by atoms with E-state index in [-0.39, 0.29) is 23.0 Å². The minimum absolute atomic E-state index is 0.0327. The molecular formula is C17H19BrClN5O2. The highest BCUT2D eigenvalue weighted by atomic mass is 79.9. The Morgan fingerprint density at radius 3 is 2.81 bits per heavy atom. The van der Waals surface area contributed by atoms with Crippen LogP contribution in [-0.4, -0.2) is 45.6 Å². The Balaban J connectivity index is 2.20. The smallest absolute Gasteiger partial charge is 0.283 e. The third-order valence-corrected chi connectivity index (χ3v) is 5.44.